The number of nitrogens with zero attached hydrogens (tertiary/aromatic N) is 3. The number of aromatic nitrogens is 3. The van der Waals surface area contributed by atoms with Crippen LogP contribution in [0.2, 0.25) is 0 Å². The lowest BCUT2D eigenvalue weighted by atomic mass is 10.3. The Morgan fingerprint density at radius 2 is 2.00 bits per heavy atom. The van der Waals surface area contributed by atoms with Crippen molar-refractivity contribution in [2.75, 3.05) is 5.32 Å². The first-order valence-corrected chi connectivity index (χ1v) is 6.00. The first-order valence-electron chi connectivity index (χ1n) is 6.00. The van der Waals surface area contributed by atoms with E-state index in [0.29, 0.717) is 18.7 Å². The van der Waals surface area contributed by atoms with Crippen LogP contribution in [0.1, 0.15) is 6.92 Å². The van der Waals surface area contributed by atoms with Gasteiger partial charge in [0.05, 0.1) is 12.2 Å². The number of carbonyl (C=O) groups excluding carboxylic acids is 1. The molecular formula is C12H12F3N5O. The smallest absolute Gasteiger partial charge is 0.319 e. The third-order valence-electron chi connectivity index (χ3n) is 2.56. The molecule has 0 aliphatic rings. The van der Waals surface area contributed by atoms with Gasteiger partial charge < -0.3 is 10.6 Å². The van der Waals surface area contributed by atoms with Gasteiger partial charge in [0.15, 0.2) is 11.6 Å². The van der Waals surface area contributed by atoms with Gasteiger partial charge in [-0.15, -0.1) is 0 Å². The van der Waals surface area contributed by atoms with Crippen molar-refractivity contribution in [3.8, 4) is 0 Å². The molecule has 0 aliphatic heterocycles. The van der Waals surface area contributed by atoms with Crippen molar-refractivity contribution in [2.24, 2.45) is 0 Å². The first-order chi connectivity index (χ1) is 9.95. The van der Waals surface area contributed by atoms with Gasteiger partial charge in [-0.25, -0.2) is 22.9 Å². The van der Waals surface area contributed by atoms with Crippen molar-refractivity contribution >= 4 is 11.7 Å². The zero-order valence-corrected chi connectivity index (χ0v) is 11.0. The fourth-order valence-electron chi connectivity index (χ4n) is 1.65. The summed E-state index contributed by atoms with van der Waals surface area (Å²) in [6, 6.07) is -0.136. The molecule has 0 spiro atoms. The van der Waals surface area contributed by atoms with Crippen LogP contribution in [0.15, 0.2) is 24.8 Å². The van der Waals surface area contributed by atoms with Crippen LogP contribution in [-0.2, 0) is 6.54 Å². The summed E-state index contributed by atoms with van der Waals surface area (Å²) in [5, 5.41) is 8.48. The molecule has 2 aromatic rings. The molecule has 0 bridgehead atoms. The molecule has 0 saturated heterocycles. The van der Waals surface area contributed by atoms with Gasteiger partial charge in [0.1, 0.15) is 18.5 Å². The molecule has 0 fully saturated rings. The van der Waals surface area contributed by atoms with Gasteiger partial charge in [-0.3, -0.25) is 4.68 Å². The third-order valence-corrected chi connectivity index (χ3v) is 2.56. The van der Waals surface area contributed by atoms with Crippen LogP contribution in [0.25, 0.3) is 0 Å². The van der Waals surface area contributed by atoms with Crippen LogP contribution in [0.4, 0.5) is 23.7 Å². The Morgan fingerprint density at radius 3 is 2.67 bits per heavy atom. The van der Waals surface area contributed by atoms with E-state index in [1.54, 1.807) is 6.92 Å². The Bertz CT molecular complexity index is 632. The average molecular weight is 299 g/mol. The highest BCUT2D eigenvalue weighted by molar-refractivity contribution is 5.89. The zero-order valence-electron chi connectivity index (χ0n) is 11.0. The predicted molar refractivity (Wildman–Crippen MR) is 68.0 cm³/mol. The van der Waals surface area contributed by atoms with Crippen LogP contribution in [-0.4, -0.2) is 26.8 Å². The predicted octanol–water partition coefficient (Wildman–Crippen LogP) is 1.91. The minimum Gasteiger partial charge on any atom is -0.334 e. The number of urea groups is 1. The highest BCUT2D eigenvalue weighted by Crippen LogP contribution is 2.18. The molecule has 0 radical (unpaired) electrons. The Kier molecular flexibility index (Phi) is 4.41. The molecule has 1 heterocycles. The van der Waals surface area contributed by atoms with Gasteiger partial charge in [0, 0.05) is 18.2 Å². The fourth-order valence-corrected chi connectivity index (χ4v) is 1.65. The summed E-state index contributed by atoms with van der Waals surface area (Å²) in [6.45, 7) is 2.05. The Labute approximate surface area is 118 Å². The third kappa shape index (κ3) is 3.94. The van der Waals surface area contributed by atoms with E-state index in [1.807, 2.05) is 0 Å². The molecule has 2 N–H and O–H groups in total. The highest BCUT2D eigenvalue weighted by atomic mass is 19.2. The summed E-state index contributed by atoms with van der Waals surface area (Å²) in [5.74, 6) is -3.63. The van der Waals surface area contributed by atoms with E-state index < -0.39 is 29.2 Å². The van der Waals surface area contributed by atoms with E-state index in [2.05, 4.69) is 20.7 Å². The number of rotatable bonds is 4. The summed E-state index contributed by atoms with van der Waals surface area (Å²) in [4.78, 5) is 15.4. The second kappa shape index (κ2) is 6.25. The van der Waals surface area contributed by atoms with E-state index in [-0.39, 0.29) is 6.04 Å². The van der Waals surface area contributed by atoms with E-state index >= 15 is 0 Å². The summed E-state index contributed by atoms with van der Waals surface area (Å²) in [6.07, 6.45) is 2.83. The van der Waals surface area contributed by atoms with Crippen molar-refractivity contribution in [3.63, 3.8) is 0 Å². The number of benzene rings is 1. The molecule has 1 unspecified atom stereocenters. The van der Waals surface area contributed by atoms with Crippen LogP contribution in [0.5, 0.6) is 0 Å². The van der Waals surface area contributed by atoms with Crippen molar-refractivity contribution in [3.05, 3.63) is 42.2 Å². The number of halogens is 3. The topological polar surface area (TPSA) is 71.8 Å². The van der Waals surface area contributed by atoms with E-state index in [0.717, 1.165) is 0 Å². The second-order valence-corrected chi connectivity index (χ2v) is 4.36. The maximum Gasteiger partial charge on any atom is 0.319 e. The largest absolute Gasteiger partial charge is 0.334 e. The number of hydrogen-bond donors (Lipinski definition) is 2. The van der Waals surface area contributed by atoms with Crippen LogP contribution < -0.4 is 10.6 Å². The van der Waals surface area contributed by atoms with Gasteiger partial charge >= 0.3 is 6.03 Å². The molecule has 2 rings (SSSR count). The Hall–Kier alpha value is -2.58. The molecule has 6 nitrogen and oxygen atoms in total. The molecule has 1 aromatic heterocycles. The lowest BCUT2D eigenvalue weighted by molar-refractivity contribution is 0.247. The Balaban J connectivity index is 1.94. The summed E-state index contributed by atoms with van der Waals surface area (Å²) in [7, 11) is 0. The van der Waals surface area contributed by atoms with Crippen molar-refractivity contribution in [1.29, 1.82) is 0 Å². The number of anilines is 1. The lowest BCUT2D eigenvalue weighted by Crippen LogP contribution is -2.38. The van der Waals surface area contributed by atoms with Crippen molar-refractivity contribution in [2.45, 2.75) is 19.5 Å². The summed E-state index contributed by atoms with van der Waals surface area (Å²) < 4.78 is 40.6. The number of amides is 2. The van der Waals surface area contributed by atoms with Crippen LogP contribution in [0.3, 0.4) is 0 Å². The normalized spacial score (nSPS) is 12.0. The first kappa shape index (κ1) is 14.8. The zero-order chi connectivity index (χ0) is 15.4. The van der Waals surface area contributed by atoms with Gasteiger partial charge in [0.25, 0.3) is 0 Å². The standard InChI is InChI=1S/C12H12F3N5O/c1-7(4-20-6-16-5-17-20)18-12(21)19-11-3-9(14)8(13)2-10(11)15/h2-3,5-7H,4H2,1H3,(H2,18,19,21). The molecule has 0 saturated carbocycles. The minimum absolute atomic E-state index is 0.333. The number of carbonyl (C=O) groups is 1. The minimum atomic E-state index is -1.32. The molecule has 1 aromatic carbocycles. The fraction of sp³-hybridized carbons (Fsp3) is 0.250. The van der Waals surface area contributed by atoms with E-state index in [9.17, 15) is 18.0 Å². The number of hydrogen-bond acceptors (Lipinski definition) is 3. The molecule has 9 heteroatoms. The lowest BCUT2D eigenvalue weighted by Gasteiger charge is -2.14. The highest BCUT2D eigenvalue weighted by Gasteiger charge is 2.14. The van der Waals surface area contributed by atoms with Gasteiger partial charge in [0.2, 0.25) is 0 Å². The monoisotopic (exact) mass is 299 g/mol. The van der Waals surface area contributed by atoms with Crippen LogP contribution >= 0.6 is 0 Å². The van der Waals surface area contributed by atoms with E-state index in [1.165, 1.54) is 17.3 Å². The molecule has 112 valence electrons. The van der Waals surface area contributed by atoms with Crippen LogP contribution in [0, 0.1) is 17.5 Å². The quantitative estimate of drug-likeness (QED) is 0.847. The average Bonchev–Trinajstić information content (AvgIpc) is 2.88. The van der Waals surface area contributed by atoms with Gasteiger partial charge in [-0.05, 0) is 6.92 Å². The molecule has 2 amide bonds. The van der Waals surface area contributed by atoms with Gasteiger partial charge in [-0.1, -0.05) is 0 Å². The number of nitrogens with one attached hydrogen (secondary N) is 2. The maximum absolute atomic E-state index is 13.4. The van der Waals surface area contributed by atoms with Crippen molar-refractivity contribution < 1.29 is 18.0 Å². The second-order valence-electron chi connectivity index (χ2n) is 4.36. The summed E-state index contributed by atoms with van der Waals surface area (Å²) >= 11 is 0. The Morgan fingerprint density at radius 1 is 1.29 bits per heavy atom. The SMILES string of the molecule is CC(Cn1cncn1)NC(=O)Nc1cc(F)c(F)cc1F. The molecule has 21 heavy (non-hydrogen) atoms. The molecular weight excluding hydrogens is 287 g/mol. The van der Waals surface area contributed by atoms with Crippen molar-refractivity contribution in [1.82, 2.24) is 20.1 Å². The summed E-state index contributed by atoms with van der Waals surface area (Å²) in [5.41, 5.74) is -0.445. The van der Waals surface area contributed by atoms with E-state index in [4.69, 9.17) is 0 Å². The molecule has 0 aliphatic carbocycles. The molecule has 1 atom stereocenters. The maximum atomic E-state index is 13.4. The van der Waals surface area contributed by atoms with Gasteiger partial charge in [-0.2, -0.15) is 5.10 Å².